The number of nitrogens with zero attached hydrogens (tertiary/aromatic N) is 4. The van der Waals surface area contributed by atoms with Gasteiger partial charge in [0.2, 0.25) is 5.88 Å². The number of carbonyl (C=O) groups is 2. The summed E-state index contributed by atoms with van der Waals surface area (Å²) in [5.41, 5.74) is 9.50. The van der Waals surface area contributed by atoms with E-state index in [4.69, 9.17) is 10.5 Å². The van der Waals surface area contributed by atoms with Crippen LogP contribution >= 0.6 is 0 Å². The fraction of sp³-hybridized carbons (Fsp3) is 0.217. The maximum Gasteiger partial charge on any atom is 0.267 e. The third-order valence-electron chi connectivity index (χ3n) is 5.64. The highest BCUT2D eigenvalue weighted by molar-refractivity contribution is 6.11. The van der Waals surface area contributed by atoms with Crippen molar-refractivity contribution in [3.63, 3.8) is 0 Å². The van der Waals surface area contributed by atoms with Crippen LogP contribution in [-0.2, 0) is 13.0 Å². The molecule has 8 nitrogen and oxygen atoms in total. The molecule has 31 heavy (non-hydrogen) atoms. The summed E-state index contributed by atoms with van der Waals surface area (Å²) in [6.45, 7) is 1.85. The standard InChI is InChI=1S/C23H21N5O3/c24-20-19-21(26-14-25-20)31-11-10-28(23(19)30)17-6-7-18-16(12-17)8-9-27(22(18)29)13-15-4-2-1-3-5-15/h1-7,12,14H,8-11,13H2,(H2,24,25,26). The van der Waals surface area contributed by atoms with Gasteiger partial charge in [-0.15, -0.1) is 0 Å². The van der Waals surface area contributed by atoms with Crippen molar-refractivity contribution in [1.82, 2.24) is 14.9 Å². The molecule has 3 aromatic rings. The highest BCUT2D eigenvalue weighted by Gasteiger charge is 2.30. The van der Waals surface area contributed by atoms with Crippen LogP contribution in [0.4, 0.5) is 11.5 Å². The van der Waals surface area contributed by atoms with Crippen LogP contribution in [0.1, 0.15) is 31.8 Å². The molecule has 1 aromatic heterocycles. The number of rotatable bonds is 3. The van der Waals surface area contributed by atoms with Crippen LogP contribution in [0.5, 0.6) is 5.88 Å². The molecule has 2 amide bonds. The molecular formula is C23H21N5O3. The quantitative estimate of drug-likeness (QED) is 0.704. The first kappa shape index (κ1) is 19.0. The molecule has 2 aliphatic rings. The molecule has 5 rings (SSSR count). The normalized spacial score (nSPS) is 15.7. The third kappa shape index (κ3) is 3.46. The van der Waals surface area contributed by atoms with E-state index in [0.717, 1.165) is 17.5 Å². The maximum absolute atomic E-state index is 13.2. The predicted molar refractivity (Wildman–Crippen MR) is 115 cm³/mol. The van der Waals surface area contributed by atoms with Gasteiger partial charge in [0.1, 0.15) is 24.3 Å². The summed E-state index contributed by atoms with van der Waals surface area (Å²) >= 11 is 0. The van der Waals surface area contributed by atoms with Crippen molar-refractivity contribution >= 4 is 23.3 Å². The molecule has 2 aromatic carbocycles. The lowest BCUT2D eigenvalue weighted by Gasteiger charge is -2.30. The second-order valence-corrected chi connectivity index (χ2v) is 7.55. The van der Waals surface area contributed by atoms with E-state index < -0.39 is 0 Å². The molecule has 0 aliphatic carbocycles. The highest BCUT2D eigenvalue weighted by atomic mass is 16.5. The Kier molecular flexibility index (Phi) is 4.74. The van der Waals surface area contributed by atoms with Crippen molar-refractivity contribution in [2.75, 3.05) is 30.3 Å². The van der Waals surface area contributed by atoms with Crippen molar-refractivity contribution < 1.29 is 14.3 Å². The molecule has 0 bridgehead atoms. The fourth-order valence-electron chi connectivity index (χ4n) is 4.05. The van der Waals surface area contributed by atoms with Gasteiger partial charge in [-0.05, 0) is 35.7 Å². The van der Waals surface area contributed by atoms with Gasteiger partial charge < -0.3 is 20.3 Å². The van der Waals surface area contributed by atoms with Crippen LogP contribution in [0.3, 0.4) is 0 Å². The van der Waals surface area contributed by atoms with Crippen molar-refractivity contribution in [3.05, 3.63) is 77.1 Å². The van der Waals surface area contributed by atoms with Gasteiger partial charge in [0.25, 0.3) is 11.8 Å². The number of carbonyl (C=O) groups excluding carboxylic acids is 2. The van der Waals surface area contributed by atoms with Crippen LogP contribution in [0.25, 0.3) is 0 Å². The lowest BCUT2D eigenvalue weighted by molar-refractivity contribution is 0.0727. The van der Waals surface area contributed by atoms with E-state index >= 15 is 0 Å². The summed E-state index contributed by atoms with van der Waals surface area (Å²) in [5.74, 6) is -0.0140. The molecule has 0 radical (unpaired) electrons. The SMILES string of the molecule is Nc1ncnc2c1C(=O)N(c1ccc3c(c1)CCN(Cc1ccccc1)C3=O)CCO2. The second kappa shape index (κ2) is 7.71. The second-order valence-electron chi connectivity index (χ2n) is 7.55. The Bertz CT molecular complexity index is 1170. The number of hydrogen-bond acceptors (Lipinski definition) is 6. The molecule has 156 valence electrons. The van der Waals surface area contributed by atoms with E-state index in [-0.39, 0.29) is 35.7 Å². The molecule has 0 saturated carbocycles. The first-order valence-corrected chi connectivity index (χ1v) is 10.1. The number of nitrogens with two attached hydrogens (primary N) is 1. The van der Waals surface area contributed by atoms with Crippen molar-refractivity contribution in [2.24, 2.45) is 0 Å². The first-order valence-electron chi connectivity index (χ1n) is 10.1. The van der Waals surface area contributed by atoms with E-state index in [2.05, 4.69) is 9.97 Å². The lowest BCUT2D eigenvalue weighted by Crippen LogP contribution is -2.37. The van der Waals surface area contributed by atoms with Gasteiger partial charge in [0.05, 0.1) is 6.54 Å². The first-order chi connectivity index (χ1) is 15.1. The van der Waals surface area contributed by atoms with E-state index in [9.17, 15) is 9.59 Å². The molecule has 0 saturated heterocycles. The van der Waals surface area contributed by atoms with E-state index in [1.807, 2.05) is 41.3 Å². The Balaban J connectivity index is 1.42. The Labute approximate surface area is 179 Å². The zero-order valence-corrected chi connectivity index (χ0v) is 16.8. The topological polar surface area (TPSA) is 102 Å². The number of hydrogen-bond donors (Lipinski definition) is 1. The van der Waals surface area contributed by atoms with Crippen LogP contribution in [0, 0.1) is 0 Å². The molecule has 2 aliphatic heterocycles. The Hall–Kier alpha value is -3.94. The Morgan fingerprint density at radius 2 is 1.84 bits per heavy atom. The Morgan fingerprint density at radius 1 is 1.00 bits per heavy atom. The summed E-state index contributed by atoms with van der Waals surface area (Å²) in [4.78, 5) is 37.6. The van der Waals surface area contributed by atoms with Crippen molar-refractivity contribution in [2.45, 2.75) is 13.0 Å². The molecule has 0 unspecified atom stereocenters. The molecule has 8 heteroatoms. The van der Waals surface area contributed by atoms with Gasteiger partial charge in [-0.25, -0.2) is 9.97 Å². The largest absolute Gasteiger partial charge is 0.475 e. The Morgan fingerprint density at radius 3 is 2.68 bits per heavy atom. The van der Waals surface area contributed by atoms with Gasteiger partial charge in [0, 0.05) is 24.3 Å². The molecule has 0 spiro atoms. The van der Waals surface area contributed by atoms with Crippen LogP contribution in [0.2, 0.25) is 0 Å². The summed E-state index contributed by atoms with van der Waals surface area (Å²) in [6, 6.07) is 15.5. The van der Waals surface area contributed by atoms with Gasteiger partial charge in [-0.1, -0.05) is 30.3 Å². The molecule has 3 heterocycles. The van der Waals surface area contributed by atoms with E-state index in [1.165, 1.54) is 6.33 Å². The summed E-state index contributed by atoms with van der Waals surface area (Å²) in [6.07, 6.45) is 2.00. The summed E-state index contributed by atoms with van der Waals surface area (Å²) in [5, 5.41) is 0. The van der Waals surface area contributed by atoms with Crippen LogP contribution in [-0.4, -0.2) is 46.4 Å². The minimum absolute atomic E-state index is 0.00479. The molecule has 2 N–H and O–H groups in total. The lowest BCUT2D eigenvalue weighted by atomic mass is 9.97. The average Bonchev–Trinajstić information content (AvgIpc) is 2.96. The third-order valence-corrected chi connectivity index (χ3v) is 5.64. The number of ether oxygens (including phenoxy) is 1. The number of amides is 2. The number of fused-ring (bicyclic) bond motifs is 2. The fourth-order valence-corrected chi connectivity index (χ4v) is 4.05. The number of nitrogen functional groups attached to an aromatic ring is 1. The van der Waals surface area contributed by atoms with E-state index in [0.29, 0.717) is 30.9 Å². The minimum atomic E-state index is -0.307. The molecule has 0 atom stereocenters. The van der Waals surface area contributed by atoms with Crippen LogP contribution in [0.15, 0.2) is 54.9 Å². The minimum Gasteiger partial charge on any atom is -0.475 e. The number of aromatic nitrogens is 2. The highest BCUT2D eigenvalue weighted by Crippen LogP contribution is 2.30. The molecular weight excluding hydrogens is 394 g/mol. The smallest absolute Gasteiger partial charge is 0.267 e. The molecule has 0 fully saturated rings. The van der Waals surface area contributed by atoms with Gasteiger partial charge in [0.15, 0.2) is 0 Å². The zero-order chi connectivity index (χ0) is 21.4. The monoisotopic (exact) mass is 415 g/mol. The average molecular weight is 415 g/mol. The van der Waals surface area contributed by atoms with Gasteiger partial charge in [-0.2, -0.15) is 0 Å². The van der Waals surface area contributed by atoms with Crippen molar-refractivity contribution in [1.29, 1.82) is 0 Å². The van der Waals surface area contributed by atoms with Gasteiger partial charge >= 0.3 is 0 Å². The predicted octanol–water partition coefficient (Wildman–Crippen LogP) is 2.30. The maximum atomic E-state index is 13.2. The van der Waals surface area contributed by atoms with E-state index in [1.54, 1.807) is 17.0 Å². The van der Waals surface area contributed by atoms with Crippen molar-refractivity contribution in [3.8, 4) is 5.88 Å². The number of benzene rings is 2. The summed E-state index contributed by atoms with van der Waals surface area (Å²) in [7, 11) is 0. The van der Waals surface area contributed by atoms with Gasteiger partial charge in [-0.3, -0.25) is 9.59 Å². The zero-order valence-electron chi connectivity index (χ0n) is 16.8. The number of anilines is 2. The summed E-state index contributed by atoms with van der Waals surface area (Å²) < 4.78 is 5.60. The van der Waals surface area contributed by atoms with Crippen LogP contribution < -0.4 is 15.4 Å².